The molecule has 2 atom stereocenters. The monoisotopic (exact) mass is 256 g/mol. The lowest BCUT2D eigenvalue weighted by Gasteiger charge is -2.37. The fourth-order valence-corrected chi connectivity index (χ4v) is 2.96. The van der Waals surface area contributed by atoms with Crippen molar-refractivity contribution in [3.63, 3.8) is 0 Å². The largest absolute Gasteiger partial charge is 0.383 e. The number of hydrogen-bond acceptors (Lipinski definition) is 3. The molecule has 0 saturated carbocycles. The van der Waals surface area contributed by atoms with Gasteiger partial charge < -0.3 is 10.1 Å². The fourth-order valence-electron chi connectivity index (χ4n) is 2.96. The van der Waals surface area contributed by atoms with Gasteiger partial charge in [0.15, 0.2) is 0 Å². The Morgan fingerprint density at radius 3 is 2.94 bits per heavy atom. The molecule has 2 unspecified atom stereocenters. The van der Waals surface area contributed by atoms with E-state index < -0.39 is 0 Å². The Morgan fingerprint density at radius 1 is 1.39 bits per heavy atom. The van der Waals surface area contributed by atoms with E-state index in [2.05, 4.69) is 24.1 Å². The average molecular weight is 256 g/mol. The average Bonchev–Trinajstić information content (AvgIpc) is 2.37. The van der Waals surface area contributed by atoms with Crippen LogP contribution in [0.15, 0.2) is 0 Å². The normalized spacial score (nSPS) is 23.2. The summed E-state index contributed by atoms with van der Waals surface area (Å²) in [5.41, 5.74) is 0. The molecule has 0 aromatic carbocycles. The van der Waals surface area contributed by atoms with Crippen molar-refractivity contribution in [2.75, 3.05) is 39.9 Å². The van der Waals surface area contributed by atoms with Crippen LogP contribution in [0.1, 0.15) is 46.0 Å². The van der Waals surface area contributed by atoms with Crippen LogP contribution in [0.4, 0.5) is 0 Å². The molecule has 1 rings (SSSR count). The van der Waals surface area contributed by atoms with E-state index in [0.29, 0.717) is 0 Å². The van der Waals surface area contributed by atoms with Crippen molar-refractivity contribution in [3.8, 4) is 0 Å². The molecule has 0 spiro atoms. The Kier molecular flexibility index (Phi) is 8.64. The topological polar surface area (TPSA) is 24.5 Å². The predicted molar refractivity (Wildman–Crippen MR) is 78.0 cm³/mol. The van der Waals surface area contributed by atoms with Crippen LogP contribution in [-0.4, -0.2) is 50.8 Å². The van der Waals surface area contributed by atoms with Gasteiger partial charge in [0.2, 0.25) is 0 Å². The van der Waals surface area contributed by atoms with Crippen LogP contribution in [0.25, 0.3) is 0 Å². The molecule has 0 amide bonds. The summed E-state index contributed by atoms with van der Waals surface area (Å²) < 4.78 is 5.08. The third kappa shape index (κ3) is 6.17. The Hall–Kier alpha value is -0.120. The minimum absolute atomic E-state index is 0.745. The Morgan fingerprint density at radius 2 is 2.22 bits per heavy atom. The van der Waals surface area contributed by atoms with Crippen molar-refractivity contribution in [1.29, 1.82) is 0 Å². The van der Waals surface area contributed by atoms with E-state index in [9.17, 15) is 0 Å². The van der Waals surface area contributed by atoms with Crippen LogP contribution in [0.5, 0.6) is 0 Å². The maximum Gasteiger partial charge on any atom is 0.0587 e. The van der Waals surface area contributed by atoms with E-state index in [0.717, 1.165) is 31.7 Å². The highest BCUT2D eigenvalue weighted by Gasteiger charge is 2.22. The summed E-state index contributed by atoms with van der Waals surface area (Å²) in [6.45, 7) is 10.2. The third-order valence-electron chi connectivity index (χ3n) is 3.94. The van der Waals surface area contributed by atoms with E-state index in [4.69, 9.17) is 4.74 Å². The zero-order valence-electron chi connectivity index (χ0n) is 12.6. The van der Waals surface area contributed by atoms with Crippen molar-refractivity contribution in [3.05, 3.63) is 0 Å². The second kappa shape index (κ2) is 9.76. The molecule has 1 saturated heterocycles. The molecule has 1 fully saturated rings. The maximum atomic E-state index is 5.08. The maximum absolute atomic E-state index is 5.08. The zero-order chi connectivity index (χ0) is 13.2. The van der Waals surface area contributed by atoms with Crippen LogP contribution < -0.4 is 5.32 Å². The van der Waals surface area contributed by atoms with Crippen LogP contribution in [0, 0.1) is 5.92 Å². The first kappa shape index (κ1) is 15.9. The van der Waals surface area contributed by atoms with Crippen LogP contribution in [0.3, 0.4) is 0 Å². The van der Waals surface area contributed by atoms with Gasteiger partial charge in [-0.05, 0) is 31.7 Å². The van der Waals surface area contributed by atoms with Crippen molar-refractivity contribution in [2.24, 2.45) is 5.92 Å². The Balaban J connectivity index is 2.27. The molecule has 1 N–H and O–H groups in total. The lowest BCUT2D eigenvalue weighted by molar-refractivity contribution is 0.121. The third-order valence-corrected chi connectivity index (χ3v) is 3.94. The van der Waals surface area contributed by atoms with Crippen LogP contribution in [-0.2, 0) is 4.74 Å². The van der Waals surface area contributed by atoms with Gasteiger partial charge in [0, 0.05) is 32.8 Å². The van der Waals surface area contributed by atoms with Gasteiger partial charge in [-0.1, -0.05) is 26.7 Å². The van der Waals surface area contributed by atoms with Gasteiger partial charge in [-0.25, -0.2) is 0 Å². The van der Waals surface area contributed by atoms with Crippen LogP contribution in [0.2, 0.25) is 0 Å². The molecule has 1 aliphatic rings. The Labute approximate surface area is 113 Å². The number of methoxy groups -OCH3 is 1. The second-order valence-corrected chi connectivity index (χ2v) is 5.74. The van der Waals surface area contributed by atoms with Gasteiger partial charge in [-0.3, -0.25) is 4.90 Å². The molecule has 0 radical (unpaired) electrons. The molecule has 1 heterocycles. The summed E-state index contributed by atoms with van der Waals surface area (Å²) in [5, 5.41) is 3.52. The van der Waals surface area contributed by atoms with Crippen molar-refractivity contribution < 1.29 is 4.74 Å². The predicted octanol–water partition coefficient (Wildman–Crippen LogP) is 2.51. The number of piperidine rings is 1. The van der Waals surface area contributed by atoms with E-state index in [1.54, 1.807) is 7.11 Å². The SMILES string of the molecule is CCCC(C)CN1CCCCC1CNCCOC. The van der Waals surface area contributed by atoms with Gasteiger partial charge in [0.1, 0.15) is 0 Å². The summed E-state index contributed by atoms with van der Waals surface area (Å²) in [7, 11) is 1.76. The van der Waals surface area contributed by atoms with E-state index in [1.807, 2.05) is 0 Å². The van der Waals surface area contributed by atoms with E-state index in [-0.39, 0.29) is 0 Å². The highest BCUT2D eigenvalue weighted by atomic mass is 16.5. The van der Waals surface area contributed by atoms with E-state index >= 15 is 0 Å². The number of ether oxygens (including phenoxy) is 1. The number of likely N-dealkylation sites (tertiary alicyclic amines) is 1. The van der Waals surface area contributed by atoms with Gasteiger partial charge in [-0.15, -0.1) is 0 Å². The summed E-state index contributed by atoms with van der Waals surface area (Å²) in [6, 6.07) is 0.745. The molecule has 18 heavy (non-hydrogen) atoms. The van der Waals surface area contributed by atoms with Gasteiger partial charge >= 0.3 is 0 Å². The number of nitrogens with one attached hydrogen (secondary N) is 1. The zero-order valence-corrected chi connectivity index (χ0v) is 12.6. The first-order chi connectivity index (χ1) is 8.77. The van der Waals surface area contributed by atoms with Gasteiger partial charge in [0.05, 0.1) is 6.61 Å². The molecular formula is C15H32N2O. The quantitative estimate of drug-likeness (QED) is 0.642. The molecule has 0 aliphatic carbocycles. The molecule has 108 valence electrons. The van der Waals surface area contributed by atoms with E-state index in [1.165, 1.54) is 45.2 Å². The van der Waals surface area contributed by atoms with Gasteiger partial charge in [-0.2, -0.15) is 0 Å². The molecule has 1 aliphatic heterocycles. The summed E-state index contributed by atoms with van der Waals surface area (Å²) >= 11 is 0. The molecule has 3 heteroatoms. The smallest absolute Gasteiger partial charge is 0.0587 e. The molecular weight excluding hydrogens is 224 g/mol. The highest BCUT2D eigenvalue weighted by molar-refractivity contribution is 4.79. The minimum Gasteiger partial charge on any atom is -0.383 e. The van der Waals surface area contributed by atoms with Gasteiger partial charge in [0.25, 0.3) is 0 Å². The lowest BCUT2D eigenvalue weighted by Crippen LogP contribution is -2.47. The number of hydrogen-bond donors (Lipinski definition) is 1. The van der Waals surface area contributed by atoms with Crippen molar-refractivity contribution >= 4 is 0 Å². The summed E-state index contributed by atoms with van der Waals surface area (Å²) in [6.07, 6.45) is 6.81. The number of nitrogens with zero attached hydrogens (tertiary/aromatic N) is 1. The lowest BCUT2D eigenvalue weighted by atomic mass is 9.98. The highest BCUT2D eigenvalue weighted by Crippen LogP contribution is 2.19. The molecule has 0 bridgehead atoms. The minimum atomic E-state index is 0.745. The fraction of sp³-hybridized carbons (Fsp3) is 1.00. The molecule has 0 aromatic rings. The first-order valence-corrected chi connectivity index (χ1v) is 7.71. The van der Waals surface area contributed by atoms with Crippen molar-refractivity contribution in [2.45, 2.75) is 52.0 Å². The summed E-state index contributed by atoms with van der Waals surface area (Å²) in [4.78, 5) is 2.71. The number of rotatable bonds is 9. The molecule has 0 aromatic heterocycles. The van der Waals surface area contributed by atoms with Crippen molar-refractivity contribution in [1.82, 2.24) is 10.2 Å². The molecule has 3 nitrogen and oxygen atoms in total. The van der Waals surface area contributed by atoms with Crippen LogP contribution >= 0.6 is 0 Å². The Bertz CT molecular complexity index is 199. The first-order valence-electron chi connectivity index (χ1n) is 7.71. The standard InChI is InChI=1S/C15H32N2O/c1-4-7-14(2)13-17-10-6-5-8-15(17)12-16-9-11-18-3/h14-16H,4-13H2,1-3H3. The summed E-state index contributed by atoms with van der Waals surface area (Å²) in [5.74, 6) is 0.842. The second-order valence-electron chi connectivity index (χ2n) is 5.74.